The first-order chi connectivity index (χ1) is 9.45. The second-order valence-electron chi connectivity index (χ2n) is 5.82. The maximum atomic E-state index is 13.5. The monoisotopic (exact) mass is 278 g/mol. The lowest BCUT2D eigenvalue weighted by Gasteiger charge is -2.33. The molecule has 1 saturated heterocycles. The molecule has 0 aromatic heterocycles. The van der Waals surface area contributed by atoms with Crippen LogP contribution in [0.4, 0.5) is 4.39 Å². The van der Waals surface area contributed by atoms with E-state index in [4.69, 9.17) is 0 Å². The minimum atomic E-state index is -0.270. The molecule has 3 nitrogen and oxygen atoms in total. The van der Waals surface area contributed by atoms with Crippen molar-refractivity contribution in [3.05, 3.63) is 35.6 Å². The van der Waals surface area contributed by atoms with Crippen LogP contribution in [0, 0.1) is 11.7 Å². The fourth-order valence-corrected chi connectivity index (χ4v) is 2.63. The van der Waals surface area contributed by atoms with E-state index in [0.29, 0.717) is 5.92 Å². The summed E-state index contributed by atoms with van der Waals surface area (Å²) in [4.78, 5) is 14.4. The molecule has 0 radical (unpaired) electrons. The molecule has 0 spiro atoms. The fourth-order valence-electron chi connectivity index (χ4n) is 2.63. The number of nitrogens with zero attached hydrogens (tertiary/aromatic N) is 1. The Balaban J connectivity index is 2.36. The highest BCUT2D eigenvalue weighted by Gasteiger charge is 2.41. The van der Waals surface area contributed by atoms with Gasteiger partial charge in [-0.2, -0.15) is 0 Å². The minimum Gasteiger partial charge on any atom is -0.319 e. The molecule has 1 fully saturated rings. The smallest absolute Gasteiger partial charge is 0.241 e. The van der Waals surface area contributed by atoms with Crippen LogP contribution in [0.15, 0.2) is 24.3 Å². The summed E-state index contributed by atoms with van der Waals surface area (Å²) in [5, 5.41) is 3.33. The zero-order valence-electron chi connectivity index (χ0n) is 12.6. The Kier molecular flexibility index (Phi) is 4.43. The van der Waals surface area contributed by atoms with E-state index >= 15 is 0 Å². The van der Waals surface area contributed by atoms with Crippen molar-refractivity contribution in [1.82, 2.24) is 10.2 Å². The Morgan fingerprint density at radius 1 is 1.35 bits per heavy atom. The molecule has 0 aliphatic carbocycles. The third-order valence-corrected chi connectivity index (χ3v) is 4.17. The third-order valence-electron chi connectivity index (χ3n) is 4.17. The minimum absolute atomic E-state index is 0.111. The van der Waals surface area contributed by atoms with Crippen LogP contribution in [0.3, 0.4) is 0 Å². The molecule has 20 heavy (non-hydrogen) atoms. The summed E-state index contributed by atoms with van der Waals surface area (Å²) >= 11 is 0. The summed E-state index contributed by atoms with van der Waals surface area (Å²) in [7, 11) is 0. The van der Waals surface area contributed by atoms with Gasteiger partial charge in [0.1, 0.15) is 12.0 Å². The maximum Gasteiger partial charge on any atom is 0.241 e. The third kappa shape index (κ3) is 2.70. The van der Waals surface area contributed by atoms with Gasteiger partial charge < -0.3 is 4.90 Å². The second kappa shape index (κ2) is 5.92. The van der Waals surface area contributed by atoms with Crippen molar-refractivity contribution in [3.63, 3.8) is 0 Å². The van der Waals surface area contributed by atoms with Crippen LogP contribution in [0.25, 0.3) is 0 Å². The van der Waals surface area contributed by atoms with Crippen LogP contribution in [-0.4, -0.2) is 22.9 Å². The van der Waals surface area contributed by atoms with Gasteiger partial charge in [0.05, 0.1) is 6.04 Å². The molecule has 1 aliphatic rings. The highest BCUT2D eigenvalue weighted by molar-refractivity contribution is 5.84. The molecule has 110 valence electrons. The van der Waals surface area contributed by atoms with E-state index in [2.05, 4.69) is 26.1 Å². The number of carbonyl (C=O) groups excluding carboxylic acids is 1. The lowest BCUT2D eigenvalue weighted by Crippen LogP contribution is -2.41. The number of hydrogen-bond donors (Lipinski definition) is 1. The van der Waals surface area contributed by atoms with Crippen molar-refractivity contribution in [2.24, 2.45) is 5.92 Å². The molecule has 0 saturated carbocycles. The summed E-state index contributed by atoms with van der Waals surface area (Å²) in [6.07, 6.45) is 0.506. The van der Waals surface area contributed by atoms with Crippen LogP contribution in [0.5, 0.6) is 0 Å². The highest BCUT2D eigenvalue weighted by Crippen LogP contribution is 2.31. The largest absolute Gasteiger partial charge is 0.319 e. The lowest BCUT2D eigenvalue weighted by molar-refractivity contribution is -0.133. The van der Waals surface area contributed by atoms with Gasteiger partial charge in [-0.1, -0.05) is 32.9 Å². The molecule has 3 atom stereocenters. The van der Waals surface area contributed by atoms with Gasteiger partial charge in [0.2, 0.25) is 5.91 Å². The van der Waals surface area contributed by atoms with Crippen LogP contribution in [-0.2, 0) is 4.79 Å². The van der Waals surface area contributed by atoms with Crippen LogP contribution in [0.1, 0.15) is 45.8 Å². The van der Waals surface area contributed by atoms with Gasteiger partial charge in [0, 0.05) is 6.04 Å². The number of rotatable bonds is 4. The summed E-state index contributed by atoms with van der Waals surface area (Å²) < 4.78 is 13.5. The van der Waals surface area contributed by atoms with Gasteiger partial charge >= 0.3 is 0 Å². The SMILES string of the molecule is CCC1NC(c2cccc(F)c2)N(C(C)C(C)C)C1=O. The zero-order chi connectivity index (χ0) is 14.9. The molecule has 1 aromatic rings. The van der Waals surface area contributed by atoms with Gasteiger partial charge in [0.15, 0.2) is 0 Å². The summed E-state index contributed by atoms with van der Waals surface area (Å²) in [5.74, 6) is 0.198. The molecule has 1 amide bonds. The average molecular weight is 278 g/mol. The van der Waals surface area contributed by atoms with Crippen molar-refractivity contribution < 1.29 is 9.18 Å². The first kappa shape index (κ1) is 15.0. The van der Waals surface area contributed by atoms with Crippen LogP contribution < -0.4 is 5.32 Å². The molecule has 1 aliphatic heterocycles. The number of amides is 1. The number of nitrogens with one attached hydrogen (secondary N) is 1. The first-order valence-electron chi connectivity index (χ1n) is 7.29. The molecule has 0 bridgehead atoms. The maximum absolute atomic E-state index is 13.5. The first-order valence-corrected chi connectivity index (χ1v) is 7.29. The Hall–Kier alpha value is -1.42. The van der Waals surface area contributed by atoms with Crippen LogP contribution in [0.2, 0.25) is 0 Å². The van der Waals surface area contributed by atoms with Gasteiger partial charge in [-0.25, -0.2) is 4.39 Å². The van der Waals surface area contributed by atoms with Gasteiger partial charge in [-0.15, -0.1) is 0 Å². The number of benzene rings is 1. The Morgan fingerprint density at radius 2 is 2.05 bits per heavy atom. The quantitative estimate of drug-likeness (QED) is 0.918. The van der Waals surface area contributed by atoms with E-state index in [0.717, 1.165) is 12.0 Å². The predicted molar refractivity (Wildman–Crippen MR) is 77.5 cm³/mol. The van der Waals surface area contributed by atoms with Crippen molar-refractivity contribution in [2.75, 3.05) is 0 Å². The Morgan fingerprint density at radius 3 is 2.60 bits per heavy atom. The van der Waals surface area contributed by atoms with E-state index in [1.54, 1.807) is 6.07 Å². The Bertz CT molecular complexity index is 489. The molecular weight excluding hydrogens is 255 g/mol. The second-order valence-corrected chi connectivity index (χ2v) is 5.82. The van der Waals surface area contributed by atoms with Gasteiger partial charge in [-0.3, -0.25) is 10.1 Å². The summed E-state index contributed by atoms with van der Waals surface area (Å²) in [6, 6.07) is 6.42. The molecule has 3 unspecified atom stereocenters. The van der Waals surface area contributed by atoms with E-state index in [-0.39, 0.29) is 30.0 Å². The fraction of sp³-hybridized carbons (Fsp3) is 0.562. The topological polar surface area (TPSA) is 32.3 Å². The normalized spacial score (nSPS) is 24.5. The van der Waals surface area contributed by atoms with E-state index in [1.807, 2.05) is 17.9 Å². The van der Waals surface area contributed by atoms with E-state index in [1.165, 1.54) is 12.1 Å². The zero-order valence-corrected chi connectivity index (χ0v) is 12.6. The molecule has 2 rings (SSSR count). The molecule has 4 heteroatoms. The average Bonchev–Trinajstić information content (AvgIpc) is 2.74. The molecular formula is C16H23FN2O. The van der Waals surface area contributed by atoms with E-state index in [9.17, 15) is 9.18 Å². The van der Waals surface area contributed by atoms with Crippen molar-refractivity contribution in [2.45, 2.75) is 52.4 Å². The van der Waals surface area contributed by atoms with Gasteiger partial charge in [0.25, 0.3) is 0 Å². The summed E-state index contributed by atoms with van der Waals surface area (Å²) in [6.45, 7) is 8.23. The molecule has 1 heterocycles. The highest BCUT2D eigenvalue weighted by atomic mass is 19.1. The number of halogens is 1. The van der Waals surface area contributed by atoms with Crippen molar-refractivity contribution >= 4 is 5.91 Å². The Labute approximate surface area is 120 Å². The van der Waals surface area contributed by atoms with E-state index < -0.39 is 0 Å². The van der Waals surface area contributed by atoms with Crippen molar-refractivity contribution in [1.29, 1.82) is 0 Å². The predicted octanol–water partition coefficient (Wildman–Crippen LogP) is 3.08. The number of hydrogen-bond acceptors (Lipinski definition) is 2. The van der Waals surface area contributed by atoms with Gasteiger partial charge in [-0.05, 0) is 37.0 Å². The van der Waals surface area contributed by atoms with Crippen molar-refractivity contribution in [3.8, 4) is 0 Å². The lowest BCUT2D eigenvalue weighted by atomic mass is 10.0. The summed E-state index contributed by atoms with van der Waals surface area (Å²) in [5.41, 5.74) is 0.807. The number of carbonyl (C=O) groups is 1. The van der Waals surface area contributed by atoms with Crippen LogP contribution >= 0.6 is 0 Å². The standard InChI is InChI=1S/C16H23FN2O/c1-5-14-16(20)19(11(4)10(2)3)15(18-14)12-7-6-8-13(17)9-12/h6-11,14-15,18H,5H2,1-4H3. The molecule has 1 N–H and O–H groups in total. The molecule has 1 aromatic carbocycles.